The number of anilines is 4. The maximum atomic E-state index is 13.8. The number of imide groups is 1. The molecule has 0 bridgehead atoms. The molecular formula is C32H30F3N7O3. The molecular weight excluding hydrogens is 587 g/mol. The molecule has 0 unspecified atom stereocenters. The third-order valence-corrected chi connectivity index (χ3v) is 7.36. The average Bonchev–Trinajstić information content (AvgIpc) is 3.17. The number of hydrogen-bond donors (Lipinski definition) is 3. The van der Waals surface area contributed by atoms with Crippen LogP contribution in [0.25, 0.3) is 0 Å². The summed E-state index contributed by atoms with van der Waals surface area (Å²) in [6.45, 7) is 3.21. The van der Waals surface area contributed by atoms with E-state index in [0.717, 1.165) is 11.0 Å². The topological polar surface area (TPSA) is 134 Å². The molecule has 2 aromatic carbocycles. The van der Waals surface area contributed by atoms with E-state index in [2.05, 4.69) is 20.6 Å². The number of nitrogens with one attached hydrogen (secondary N) is 2. The smallest absolute Gasteiger partial charge is 0.339 e. The summed E-state index contributed by atoms with van der Waals surface area (Å²) >= 11 is 0. The van der Waals surface area contributed by atoms with Gasteiger partial charge >= 0.3 is 12.2 Å². The Morgan fingerprint density at radius 3 is 2.44 bits per heavy atom. The van der Waals surface area contributed by atoms with E-state index in [-0.39, 0.29) is 23.5 Å². The van der Waals surface area contributed by atoms with Gasteiger partial charge in [-0.2, -0.15) is 13.2 Å². The second kappa shape index (κ2) is 12.4. The van der Waals surface area contributed by atoms with Crippen molar-refractivity contribution in [2.24, 2.45) is 5.73 Å². The molecule has 0 spiro atoms. The summed E-state index contributed by atoms with van der Waals surface area (Å²) in [7, 11) is 0. The standard InChI is InChI=1S/C32H30F3N7O3/c1-31(2)29(44)42(30(45)41(31)19-20-12-14-38-26(15-20)39-23-9-6-13-37-18-23)24-11-10-22(17-32(33,34)35)25(16-24)40-28(43)27(36)21-7-4-3-5-8-21/h3-16,18,27H,17,19,36H2,1-2H3,(H,38,39)(H,40,43)/t27-/m1/s1. The number of urea groups is 1. The molecule has 1 atom stereocenters. The Morgan fingerprint density at radius 1 is 1.00 bits per heavy atom. The van der Waals surface area contributed by atoms with Crippen LogP contribution >= 0.6 is 0 Å². The minimum absolute atomic E-state index is 0.00347. The van der Waals surface area contributed by atoms with E-state index in [0.29, 0.717) is 22.6 Å². The Hall–Kier alpha value is -5.30. The van der Waals surface area contributed by atoms with E-state index >= 15 is 0 Å². The van der Waals surface area contributed by atoms with Gasteiger partial charge in [-0.1, -0.05) is 36.4 Å². The van der Waals surface area contributed by atoms with Crippen LogP contribution in [0.4, 0.5) is 40.8 Å². The van der Waals surface area contributed by atoms with Gasteiger partial charge in [0.2, 0.25) is 5.91 Å². The van der Waals surface area contributed by atoms with Crippen LogP contribution in [0.5, 0.6) is 0 Å². The van der Waals surface area contributed by atoms with Crippen molar-refractivity contribution in [1.29, 1.82) is 0 Å². The van der Waals surface area contributed by atoms with Crippen molar-refractivity contribution < 1.29 is 27.6 Å². The summed E-state index contributed by atoms with van der Waals surface area (Å²) in [6.07, 6.45) is -1.10. The summed E-state index contributed by atoms with van der Waals surface area (Å²) in [4.78, 5) is 51.0. The summed E-state index contributed by atoms with van der Waals surface area (Å²) in [5.74, 6) is -0.837. The highest BCUT2D eigenvalue weighted by Crippen LogP contribution is 2.37. The second-order valence-corrected chi connectivity index (χ2v) is 11.0. The molecule has 0 radical (unpaired) electrons. The summed E-state index contributed by atoms with van der Waals surface area (Å²) in [6, 6.07) is 17.1. The van der Waals surface area contributed by atoms with Gasteiger partial charge in [-0.25, -0.2) is 14.7 Å². The van der Waals surface area contributed by atoms with Crippen molar-refractivity contribution in [3.05, 3.63) is 108 Å². The lowest BCUT2D eigenvalue weighted by atomic mass is 10.0. The molecule has 0 saturated carbocycles. The van der Waals surface area contributed by atoms with Crippen LogP contribution in [-0.4, -0.2) is 44.4 Å². The number of pyridine rings is 2. The zero-order chi connectivity index (χ0) is 32.4. The molecule has 1 aliphatic rings. The number of hydrogen-bond acceptors (Lipinski definition) is 7. The highest BCUT2D eigenvalue weighted by molar-refractivity contribution is 6.23. The lowest BCUT2D eigenvalue weighted by Crippen LogP contribution is -2.43. The fourth-order valence-corrected chi connectivity index (χ4v) is 4.95. The Balaban J connectivity index is 1.42. The fourth-order valence-electron chi connectivity index (χ4n) is 4.95. The van der Waals surface area contributed by atoms with Gasteiger partial charge in [-0.3, -0.25) is 14.6 Å². The first kappa shape index (κ1) is 31.1. The first-order valence-corrected chi connectivity index (χ1v) is 13.9. The van der Waals surface area contributed by atoms with Gasteiger partial charge in [0.1, 0.15) is 17.4 Å². The van der Waals surface area contributed by atoms with Crippen LogP contribution in [0.2, 0.25) is 0 Å². The van der Waals surface area contributed by atoms with Gasteiger partial charge in [0.15, 0.2) is 0 Å². The third kappa shape index (κ3) is 6.93. The fraction of sp³-hybridized carbons (Fsp3) is 0.219. The van der Waals surface area contributed by atoms with E-state index in [1.165, 1.54) is 17.0 Å². The Bertz CT molecular complexity index is 1720. The lowest BCUT2D eigenvalue weighted by molar-refractivity contribution is -0.127. The molecule has 3 heterocycles. The van der Waals surface area contributed by atoms with E-state index < -0.39 is 42.0 Å². The maximum Gasteiger partial charge on any atom is 0.393 e. The van der Waals surface area contributed by atoms with Crippen molar-refractivity contribution in [3.8, 4) is 0 Å². The van der Waals surface area contributed by atoms with Gasteiger partial charge in [0.25, 0.3) is 5.91 Å². The van der Waals surface area contributed by atoms with Crippen molar-refractivity contribution in [3.63, 3.8) is 0 Å². The molecule has 13 heteroatoms. The Kier molecular flexibility index (Phi) is 8.55. The second-order valence-electron chi connectivity index (χ2n) is 11.0. The molecule has 4 N–H and O–H groups in total. The quantitative estimate of drug-likeness (QED) is 0.205. The average molecular weight is 618 g/mol. The van der Waals surface area contributed by atoms with E-state index in [1.54, 1.807) is 81.0 Å². The SMILES string of the molecule is CC1(C)C(=O)N(c2ccc(CC(F)(F)F)c(NC(=O)[C@H](N)c3ccccc3)c2)C(=O)N1Cc1ccnc(Nc2cccnc2)c1. The first-order chi connectivity index (χ1) is 21.3. The number of nitrogens with two attached hydrogens (primary N) is 1. The number of rotatable bonds is 9. The summed E-state index contributed by atoms with van der Waals surface area (Å²) in [5, 5.41) is 5.61. The first-order valence-electron chi connectivity index (χ1n) is 13.9. The predicted molar refractivity (Wildman–Crippen MR) is 162 cm³/mol. The van der Waals surface area contributed by atoms with E-state index in [4.69, 9.17) is 5.73 Å². The normalized spacial score (nSPS) is 15.2. The van der Waals surface area contributed by atoms with Gasteiger partial charge in [-0.05, 0) is 66.9 Å². The van der Waals surface area contributed by atoms with Crippen LogP contribution in [0.3, 0.4) is 0 Å². The molecule has 0 aliphatic carbocycles. The van der Waals surface area contributed by atoms with E-state index in [9.17, 15) is 27.6 Å². The molecule has 2 aromatic heterocycles. The monoisotopic (exact) mass is 617 g/mol. The van der Waals surface area contributed by atoms with Crippen molar-refractivity contribution in [2.45, 2.75) is 44.6 Å². The molecule has 1 saturated heterocycles. The molecule has 1 aliphatic heterocycles. The molecule has 232 valence electrons. The number of amides is 4. The minimum Gasteiger partial charge on any atom is -0.339 e. The molecule has 5 rings (SSSR count). The zero-order valence-electron chi connectivity index (χ0n) is 24.4. The molecule has 1 fully saturated rings. The van der Waals surface area contributed by atoms with Crippen molar-refractivity contribution in [1.82, 2.24) is 14.9 Å². The van der Waals surface area contributed by atoms with Gasteiger partial charge < -0.3 is 21.3 Å². The van der Waals surface area contributed by atoms with E-state index in [1.807, 2.05) is 6.07 Å². The maximum absolute atomic E-state index is 13.8. The molecule has 4 amide bonds. The minimum atomic E-state index is -4.59. The number of carbonyl (C=O) groups is 3. The largest absolute Gasteiger partial charge is 0.393 e. The van der Waals surface area contributed by atoms with Crippen molar-refractivity contribution >= 4 is 40.7 Å². The molecule has 4 aromatic rings. The predicted octanol–water partition coefficient (Wildman–Crippen LogP) is 5.71. The van der Waals surface area contributed by atoms with Gasteiger partial charge in [0.05, 0.1) is 24.0 Å². The van der Waals surface area contributed by atoms with Crippen molar-refractivity contribution in [2.75, 3.05) is 15.5 Å². The molecule has 10 nitrogen and oxygen atoms in total. The number of aromatic nitrogens is 2. The highest BCUT2D eigenvalue weighted by atomic mass is 19.4. The van der Waals surface area contributed by atoms with Crippen LogP contribution in [0, 0.1) is 0 Å². The number of alkyl halides is 3. The van der Waals surface area contributed by atoms with Crippen LogP contribution in [0.1, 0.15) is 36.6 Å². The third-order valence-electron chi connectivity index (χ3n) is 7.36. The highest BCUT2D eigenvalue weighted by Gasteiger charge is 2.52. The van der Waals surface area contributed by atoms with Crippen LogP contribution < -0.4 is 21.3 Å². The van der Waals surface area contributed by atoms with Crippen LogP contribution in [-0.2, 0) is 22.6 Å². The Morgan fingerprint density at radius 2 is 1.76 bits per heavy atom. The number of nitrogens with zero attached hydrogens (tertiary/aromatic N) is 4. The van der Waals surface area contributed by atoms with Gasteiger partial charge in [-0.15, -0.1) is 0 Å². The lowest BCUT2D eigenvalue weighted by Gasteiger charge is -2.27. The van der Waals surface area contributed by atoms with Crippen LogP contribution in [0.15, 0.2) is 91.4 Å². The number of benzene rings is 2. The van der Waals surface area contributed by atoms with Gasteiger partial charge in [0, 0.05) is 24.6 Å². The molecule has 45 heavy (non-hydrogen) atoms. The Labute approximate surface area is 257 Å². The summed E-state index contributed by atoms with van der Waals surface area (Å²) < 4.78 is 40.3. The number of halogens is 3. The summed E-state index contributed by atoms with van der Waals surface area (Å²) in [5.41, 5.74) is 6.16. The zero-order valence-corrected chi connectivity index (χ0v) is 24.4. The number of carbonyl (C=O) groups excluding carboxylic acids is 3.